The lowest BCUT2D eigenvalue weighted by Crippen LogP contribution is -2.53. The number of carbonyl (C=O) groups excluding carboxylic acids is 1. The van der Waals surface area contributed by atoms with Gasteiger partial charge in [-0.15, -0.1) is 0 Å². The van der Waals surface area contributed by atoms with Crippen LogP contribution in [0.1, 0.15) is 0 Å². The molecule has 0 aliphatic carbocycles. The molecule has 0 radical (unpaired) electrons. The molecule has 0 bridgehead atoms. The number of hydrogen-bond acceptors (Lipinski definition) is 6. The second-order valence-electron chi connectivity index (χ2n) is 4.94. The standard InChI is InChI=1S/C15H15FN4O3/c16-10-1-3-11(4-2-10)23-13-5-6-18-15(19-13)20-7-8-22-9-12(20)14(17)21/h1-6,12H,7-9H2,(H2,17,21)/t12-/m0/s1. The third kappa shape index (κ3) is 3.54. The van der Waals surface area contributed by atoms with E-state index in [9.17, 15) is 9.18 Å². The zero-order valence-corrected chi connectivity index (χ0v) is 12.2. The van der Waals surface area contributed by atoms with Crippen LogP contribution in [0.3, 0.4) is 0 Å². The van der Waals surface area contributed by atoms with Crippen LogP contribution < -0.4 is 15.4 Å². The largest absolute Gasteiger partial charge is 0.439 e. The Kier molecular flexibility index (Phi) is 4.33. The maximum Gasteiger partial charge on any atom is 0.242 e. The highest BCUT2D eigenvalue weighted by Crippen LogP contribution is 2.22. The number of amides is 1. The minimum atomic E-state index is -0.621. The first-order valence-corrected chi connectivity index (χ1v) is 7.03. The molecule has 1 atom stereocenters. The topological polar surface area (TPSA) is 90.6 Å². The van der Waals surface area contributed by atoms with Crippen molar-refractivity contribution < 1.29 is 18.7 Å². The number of rotatable bonds is 4. The summed E-state index contributed by atoms with van der Waals surface area (Å²) in [4.78, 5) is 21.7. The van der Waals surface area contributed by atoms with E-state index in [1.807, 2.05) is 0 Å². The van der Waals surface area contributed by atoms with Gasteiger partial charge in [0.1, 0.15) is 17.6 Å². The second kappa shape index (κ2) is 6.57. The summed E-state index contributed by atoms with van der Waals surface area (Å²) in [6, 6.07) is 6.54. The van der Waals surface area contributed by atoms with Crippen LogP contribution in [0.15, 0.2) is 36.5 Å². The SMILES string of the molecule is NC(=O)[C@@H]1COCCN1c1nccc(Oc2ccc(F)cc2)n1. The lowest BCUT2D eigenvalue weighted by Gasteiger charge is -2.33. The Hall–Kier alpha value is -2.74. The van der Waals surface area contributed by atoms with E-state index in [1.54, 1.807) is 11.0 Å². The minimum absolute atomic E-state index is 0.196. The highest BCUT2D eigenvalue weighted by Gasteiger charge is 2.29. The van der Waals surface area contributed by atoms with Gasteiger partial charge in [-0.2, -0.15) is 4.98 Å². The van der Waals surface area contributed by atoms with Crippen LogP contribution in [-0.4, -0.2) is 41.7 Å². The fourth-order valence-electron chi connectivity index (χ4n) is 2.23. The van der Waals surface area contributed by atoms with Crippen molar-refractivity contribution >= 4 is 11.9 Å². The molecule has 2 heterocycles. The molecule has 1 saturated heterocycles. The normalized spacial score (nSPS) is 17.8. The van der Waals surface area contributed by atoms with E-state index in [0.717, 1.165) is 0 Å². The zero-order chi connectivity index (χ0) is 16.2. The summed E-state index contributed by atoms with van der Waals surface area (Å²) < 4.78 is 23.7. The molecule has 3 rings (SSSR count). The highest BCUT2D eigenvalue weighted by molar-refractivity contribution is 5.83. The van der Waals surface area contributed by atoms with E-state index >= 15 is 0 Å². The molecule has 1 amide bonds. The molecule has 0 saturated carbocycles. The number of halogens is 1. The Morgan fingerprint density at radius 3 is 2.87 bits per heavy atom. The second-order valence-corrected chi connectivity index (χ2v) is 4.94. The minimum Gasteiger partial charge on any atom is -0.439 e. The molecular formula is C15H15FN4O3. The van der Waals surface area contributed by atoms with Gasteiger partial charge in [-0.25, -0.2) is 9.37 Å². The molecule has 1 aromatic carbocycles. The predicted molar refractivity (Wildman–Crippen MR) is 79.7 cm³/mol. The van der Waals surface area contributed by atoms with Gasteiger partial charge in [0.25, 0.3) is 0 Å². The van der Waals surface area contributed by atoms with Gasteiger partial charge >= 0.3 is 0 Å². The highest BCUT2D eigenvalue weighted by atomic mass is 19.1. The number of ether oxygens (including phenoxy) is 2. The quantitative estimate of drug-likeness (QED) is 0.908. The van der Waals surface area contributed by atoms with Crippen LogP contribution >= 0.6 is 0 Å². The maximum absolute atomic E-state index is 12.9. The first kappa shape index (κ1) is 15.2. The van der Waals surface area contributed by atoms with Crippen LogP contribution in [0.4, 0.5) is 10.3 Å². The van der Waals surface area contributed by atoms with Crippen LogP contribution in [-0.2, 0) is 9.53 Å². The molecule has 120 valence electrons. The van der Waals surface area contributed by atoms with E-state index < -0.39 is 11.9 Å². The smallest absolute Gasteiger partial charge is 0.242 e. The van der Waals surface area contributed by atoms with Crippen LogP contribution in [0.2, 0.25) is 0 Å². The van der Waals surface area contributed by atoms with Crippen LogP contribution in [0.25, 0.3) is 0 Å². The number of benzene rings is 1. The number of hydrogen-bond donors (Lipinski definition) is 1. The first-order valence-electron chi connectivity index (χ1n) is 7.03. The summed E-state index contributed by atoms with van der Waals surface area (Å²) in [7, 11) is 0. The van der Waals surface area contributed by atoms with Crippen molar-refractivity contribution in [2.75, 3.05) is 24.7 Å². The number of nitrogens with two attached hydrogens (primary N) is 1. The third-order valence-corrected chi connectivity index (χ3v) is 3.37. The average Bonchev–Trinajstić information content (AvgIpc) is 2.57. The van der Waals surface area contributed by atoms with Gasteiger partial charge in [-0.1, -0.05) is 0 Å². The number of aromatic nitrogens is 2. The molecule has 7 nitrogen and oxygen atoms in total. The van der Waals surface area contributed by atoms with Crippen molar-refractivity contribution in [3.05, 3.63) is 42.3 Å². The Bertz CT molecular complexity index is 695. The first-order chi connectivity index (χ1) is 11.1. The monoisotopic (exact) mass is 318 g/mol. The Balaban J connectivity index is 1.81. The van der Waals surface area contributed by atoms with E-state index in [-0.39, 0.29) is 18.3 Å². The van der Waals surface area contributed by atoms with Crippen molar-refractivity contribution in [1.29, 1.82) is 0 Å². The molecule has 23 heavy (non-hydrogen) atoms. The average molecular weight is 318 g/mol. The van der Waals surface area contributed by atoms with Crippen molar-refractivity contribution in [3.63, 3.8) is 0 Å². The van der Waals surface area contributed by atoms with Gasteiger partial charge in [0.2, 0.25) is 17.7 Å². The van der Waals surface area contributed by atoms with E-state index in [0.29, 0.717) is 24.8 Å². The summed E-state index contributed by atoms with van der Waals surface area (Å²) >= 11 is 0. The number of anilines is 1. The number of nitrogens with zero attached hydrogens (tertiary/aromatic N) is 3. The fraction of sp³-hybridized carbons (Fsp3) is 0.267. The molecule has 0 unspecified atom stereocenters. The molecule has 1 aliphatic heterocycles. The Morgan fingerprint density at radius 2 is 2.13 bits per heavy atom. The number of primary amides is 1. The van der Waals surface area contributed by atoms with Crippen LogP contribution in [0.5, 0.6) is 11.6 Å². The lowest BCUT2D eigenvalue weighted by molar-refractivity contribution is -0.121. The molecule has 2 N–H and O–H groups in total. The van der Waals surface area contributed by atoms with Crippen LogP contribution in [0, 0.1) is 5.82 Å². The summed E-state index contributed by atoms with van der Waals surface area (Å²) in [5.74, 6) is 0.217. The predicted octanol–water partition coefficient (Wildman–Crippen LogP) is 1.10. The molecule has 8 heteroatoms. The molecule has 1 aliphatic rings. The Morgan fingerprint density at radius 1 is 1.35 bits per heavy atom. The van der Waals surface area contributed by atoms with Gasteiger partial charge < -0.3 is 20.1 Å². The van der Waals surface area contributed by atoms with E-state index in [1.165, 1.54) is 30.5 Å². The third-order valence-electron chi connectivity index (χ3n) is 3.37. The van der Waals surface area contributed by atoms with Crippen molar-refractivity contribution in [2.45, 2.75) is 6.04 Å². The van der Waals surface area contributed by atoms with Gasteiger partial charge in [0.05, 0.1) is 13.2 Å². The van der Waals surface area contributed by atoms with Gasteiger partial charge in [0.15, 0.2) is 0 Å². The maximum atomic E-state index is 12.9. The fourth-order valence-corrected chi connectivity index (χ4v) is 2.23. The molecule has 1 fully saturated rings. The van der Waals surface area contributed by atoms with E-state index in [2.05, 4.69) is 9.97 Å². The molecule has 1 aromatic heterocycles. The summed E-state index contributed by atoms with van der Waals surface area (Å²) in [5, 5.41) is 0. The van der Waals surface area contributed by atoms with Crippen molar-refractivity contribution in [1.82, 2.24) is 9.97 Å². The van der Waals surface area contributed by atoms with Gasteiger partial charge in [-0.3, -0.25) is 4.79 Å². The van der Waals surface area contributed by atoms with Gasteiger partial charge in [-0.05, 0) is 24.3 Å². The number of morpholine rings is 1. The van der Waals surface area contributed by atoms with E-state index in [4.69, 9.17) is 15.2 Å². The molecule has 2 aromatic rings. The van der Waals surface area contributed by atoms with Crippen molar-refractivity contribution in [3.8, 4) is 11.6 Å². The number of carbonyl (C=O) groups is 1. The summed E-state index contributed by atoms with van der Waals surface area (Å²) in [5.41, 5.74) is 5.39. The van der Waals surface area contributed by atoms with Gasteiger partial charge in [0, 0.05) is 18.8 Å². The lowest BCUT2D eigenvalue weighted by atomic mass is 10.2. The molecule has 0 spiro atoms. The Labute approximate surface area is 131 Å². The zero-order valence-electron chi connectivity index (χ0n) is 12.2. The van der Waals surface area contributed by atoms with Crippen molar-refractivity contribution in [2.24, 2.45) is 5.73 Å². The summed E-state index contributed by atoms with van der Waals surface area (Å²) in [6.45, 7) is 1.10. The summed E-state index contributed by atoms with van der Waals surface area (Å²) in [6.07, 6.45) is 1.52. The molecular weight excluding hydrogens is 303 g/mol.